The Hall–Kier alpha value is -4.66. The van der Waals surface area contributed by atoms with Crippen LogP contribution in [0.1, 0.15) is 26.5 Å². The van der Waals surface area contributed by atoms with E-state index in [-0.39, 0.29) is 17.2 Å². The van der Waals surface area contributed by atoms with Gasteiger partial charge in [-0.1, -0.05) is 24.3 Å². The molecular formula is C27H24N4O5. The molecule has 1 aromatic heterocycles. The van der Waals surface area contributed by atoms with Gasteiger partial charge in [-0.25, -0.2) is 0 Å². The molecule has 182 valence electrons. The lowest BCUT2D eigenvalue weighted by Crippen LogP contribution is -2.48. The number of anilines is 2. The molecule has 36 heavy (non-hydrogen) atoms. The van der Waals surface area contributed by atoms with Crippen LogP contribution in [0.4, 0.5) is 17.1 Å². The molecular weight excluding hydrogens is 460 g/mol. The smallest absolute Gasteiger partial charge is 0.289 e. The van der Waals surface area contributed by atoms with Gasteiger partial charge in [0.25, 0.3) is 17.5 Å². The number of nitrogens with zero attached hydrogens (tertiary/aromatic N) is 3. The average molecular weight is 485 g/mol. The molecule has 9 heteroatoms. The van der Waals surface area contributed by atoms with Gasteiger partial charge in [0.2, 0.25) is 0 Å². The van der Waals surface area contributed by atoms with Gasteiger partial charge >= 0.3 is 0 Å². The van der Waals surface area contributed by atoms with Crippen molar-refractivity contribution in [3.63, 3.8) is 0 Å². The summed E-state index contributed by atoms with van der Waals surface area (Å²) in [5, 5.41) is 14.8. The highest BCUT2D eigenvalue weighted by Crippen LogP contribution is 2.24. The Balaban J connectivity index is 1.19. The summed E-state index contributed by atoms with van der Waals surface area (Å²) in [5.41, 5.74) is 2.91. The van der Waals surface area contributed by atoms with Crippen LogP contribution in [-0.4, -0.2) is 47.8 Å². The molecule has 9 nitrogen and oxygen atoms in total. The Bertz CT molecular complexity index is 1420. The number of nitro groups is 1. The van der Waals surface area contributed by atoms with E-state index in [1.165, 1.54) is 6.07 Å². The van der Waals surface area contributed by atoms with Crippen LogP contribution in [-0.2, 0) is 0 Å². The van der Waals surface area contributed by atoms with Crippen LogP contribution >= 0.6 is 0 Å². The van der Waals surface area contributed by atoms with Gasteiger partial charge in [-0.2, -0.15) is 0 Å². The van der Waals surface area contributed by atoms with Crippen molar-refractivity contribution in [1.29, 1.82) is 0 Å². The number of piperazine rings is 1. The molecule has 0 atom stereocenters. The molecule has 1 N–H and O–H groups in total. The number of carbonyl (C=O) groups is 2. The third-order valence-electron chi connectivity index (χ3n) is 6.36. The number of nitrogens with one attached hydrogen (secondary N) is 1. The van der Waals surface area contributed by atoms with Gasteiger partial charge in [0.15, 0.2) is 5.76 Å². The highest BCUT2D eigenvalue weighted by molar-refractivity contribution is 6.04. The van der Waals surface area contributed by atoms with E-state index >= 15 is 0 Å². The van der Waals surface area contributed by atoms with Crippen LogP contribution in [0.15, 0.2) is 77.2 Å². The van der Waals surface area contributed by atoms with Gasteiger partial charge in [0.05, 0.1) is 4.92 Å². The van der Waals surface area contributed by atoms with E-state index in [1.807, 2.05) is 36.4 Å². The molecule has 3 aromatic carbocycles. The van der Waals surface area contributed by atoms with Crippen molar-refractivity contribution in [3.8, 4) is 0 Å². The Kier molecular flexibility index (Phi) is 6.12. The number of rotatable bonds is 5. The molecule has 5 rings (SSSR count). The molecule has 0 radical (unpaired) electrons. The molecule has 0 unspecified atom stereocenters. The van der Waals surface area contributed by atoms with E-state index < -0.39 is 10.8 Å². The van der Waals surface area contributed by atoms with Gasteiger partial charge < -0.3 is 19.5 Å². The van der Waals surface area contributed by atoms with Crippen LogP contribution in [0.25, 0.3) is 11.0 Å². The number of amides is 2. The van der Waals surface area contributed by atoms with Crippen molar-refractivity contribution in [2.24, 2.45) is 0 Å². The monoisotopic (exact) mass is 484 g/mol. The molecule has 0 spiro atoms. The first-order valence-corrected chi connectivity index (χ1v) is 11.6. The quantitative estimate of drug-likeness (QED) is 0.320. The second-order valence-electron chi connectivity index (χ2n) is 8.69. The normalized spacial score (nSPS) is 13.6. The standard InChI is InChI=1S/C27H24N4O5/c1-18-6-7-20(16-23(18)31(34)35)26(32)28-21-8-10-22(11-9-21)29-12-14-30(15-13-29)27(33)25-17-19-4-2-3-5-24(19)36-25/h2-11,16-17H,12-15H2,1H3,(H,28,32). The lowest BCUT2D eigenvalue weighted by molar-refractivity contribution is -0.385. The van der Waals surface area contributed by atoms with Crippen molar-refractivity contribution < 1.29 is 18.9 Å². The second-order valence-corrected chi connectivity index (χ2v) is 8.69. The third kappa shape index (κ3) is 4.63. The van der Waals surface area contributed by atoms with E-state index in [1.54, 1.807) is 42.2 Å². The second kappa shape index (κ2) is 9.53. The maximum absolute atomic E-state index is 12.9. The molecule has 1 aliphatic heterocycles. The largest absolute Gasteiger partial charge is 0.451 e. The van der Waals surface area contributed by atoms with E-state index in [2.05, 4.69) is 10.2 Å². The summed E-state index contributed by atoms with van der Waals surface area (Å²) < 4.78 is 5.72. The molecule has 1 aliphatic rings. The number of hydrogen-bond donors (Lipinski definition) is 1. The lowest BCUT2D eigenvalue weighted by Gasteiger charge is -2.35. The predicted octanol–water partition coefficient (Wildman–Crippen LogP) is 4.86. The third-order valence-corrected chi connectivity index (χ3v) is 6.36. The summed E-state index contributed by atoms with van der Waals surface area (Å²) in [6.45, 7) is 4.11. The maximum Gasteiger partial charge on any atom is 0.289 e. The zero-order valence-corrected chi connectivity index (χ0v) is 19.6. The van der Waals surface area contributed by atoms with Gasteiger partial charge in [0.1, 0.15) is 5.58 Å². The first kappa shape index (κ1) is 23.1. The van der Waals surface area contributed by atoms with E-state index in [0.29, 0.717) is 48.8 Å². The fourth-order valence-electron chi connectivity index (χ4n) is 4.32. The number of nitro benzene ring substituents is 1. The number of para-hydroxylation sites is 1. The first-order chi connectivity index (χ1) is 17.4. The van der Waals surface area contributed by atoms with Gasteiger partial charge in [-0.05, 0) is 49.4 Å². The minimum absolute atomic E-state index is 0.0871. The minimum atomic E-state index is -0.495. The number of benzene rings is 3. The lowest BCUT2D eigenvalue weighted by atomic mass is 10.1. The summed E-state index contributed by atoms with van der Waals surface area (Å²) in [4.78, 5) is 40.1. The summed E-state index contributed by atoms with van der Waals surface area (Å²) in [6.07, 6.45) is 0. The SMILES string of the molecule is Cc1ccc(C(=O)Nc2ccc(N3CCN(C(=O)c4cc5ccccc5o4)CC3)cc2)cc1[N+](=O)[O-]. The Morgan fingerprint density at radius 3 is 2.36 bits per heavy atom. The van der Waals surface area contributed by atoms with Crippen molar-refractivity contribution in [2.75, 3.05) is 36.4 Å². The highest BCUT2D eigenvalue weighted by Gasteiger charge is 2.25. The molecule has 0 bridgehead atoms. The van der Waals surface area contributed by atoms with E-state index in [0.717, 1.165) is 11.1 Å². The van der Waals surface area contributed by atoms with Crippen LogP contribution < -0.4 is 10.2 Å². The molecule has 2 amide bonds. The summed E-state index contributed by atoms with van der Waals surface area (Å²) in [7, 11) is 0. The molecule has 0 aliphatic carbocycles. The number of carbonyl (C=O) groups excluding carboxylic acids is 2. The van der Waals surface area contributed by atoms with Crippen LogP contribution in [0.5, 0.6) is 0 Å². The number of aryl methyl sites for hydroxylation is 1. The van der Waals surface area contributed by atoms with Gasteiger partial charge in [0, 0.05) is 60.1 Å². The number of hydrogen-bond acceptors (Lipinski definition) is 6. The van der Waals surface area contributed by atoms with E-state index in [4.69, 9.17) is 4.42 Å². The molecule has 1 fully saturated rings. The van der Waals surface area contributed by atoms with Gasteiger partial charge in [-0.3, -0.25) is 19.7 Å². The van der Waals surface area contributed by atoms with Crippen molar-refractivity contribution in [3.05, 3.63) is 99.8 Å². The topological polar surface area (TPSA) is 109 Å². The van der Waals surface area contributed by atoms with Crippen molar-refractivity contribution in [2.45, 2.75) is 6.92 Å². The fourth-order valence-corrected chi connectivity index (χ4v) is 4.32. The van der Waals surface area contributed by atoms with Crippen LogP contribution in [0, 0.1) is 17.0 Å². The fraction of sp³-hybridized carbons (Fsp3) is 0.185. The Morgan fingerprint density at radius 1 is 0.944 bits per heavy atom. The van der Waals surface area contributed by atoms with Crippen molar-refractivity contribution >= 4 is 39.8 Å². The summed E-state index contributed by atoms with van der Waals surface area (Å²) in [5.74, 6) is -0.174. The van der Waals surface area contributed by atoms with E-state index in [9.17, 15) is 19.7 Å². The molecule has 2 heterocycles. The predicted molar refractivity (Wildman–Crippen MR) is 137 cm³/mol. The zero-order chi connectivity index (χ0) is 25.2. The minimum Gasteiger partial charge on any atom is -0.451 e. The van der Waals surface area contributed by atoms with Gasteiger partial charge in [-0.15, -0.1) is 0 Å². The first-order valence-electron chi connectivity index (χ1n) is 11.6. The Morgan fingerprint density at radius 2 is 1.67 bits per heavy atom. The maximum atomic E-state index is 12.9. The number of fused-ring (bicyclic) bond motifs is 1. The molecule has 4 aromatic rings. The molecule has 0 saturated carbocycles. The average Bonchev–Trinajstić information content (AvgIpc) is 3.33. The zero-order valence-electron chi connectivity index (χ0n) is 19.6. The van der Waals surface area contributed by atoms with Crippen LogP contribution in [0.3, 0.4) is 0 Å². The Labute approximate surface area is 207 Å². The van der Waals surface area contributed by atoms with Crippen molar-refractivity contribution in [1.82, 2.24) is 4.90 Å². The summed E-state index contributed by atoms with van der Waals surface area (Å²) in [6, 6.07) is 21.2. The summed E-state index contributed by atoms with van der Waals surface area (Å²) >= 11 is 0. The number of furan rings is 1. The highest BCUT2D eigenvalue weighted by atomic mass is 16.6. The van der Waals surface area contributed by atoms with Crippen LogP contribution in [0.2, 0.25) is 0 Å². The molecule has 1 saturated heterocycles.